The molecular formula is C29H31N3O3. The van der Waals surface area contributed by atoms with Gasteiger partial charge in [-0.05, 0) is 49.2 Å². The van der Waals surface area contributed by atoms with Gasteiger partial charge < -0.3 is 19.7 Å². The van der Waals surface area contributed by atoms with Crippen molar-refractivity contribution in [3.05, 3.63) is 95.2 Å². The number of nitrogens with one attached hydrogen (secondary N) is 1. The van der Waals surface area contributed by atoms with Gasteiger partial charge in [0.25, 0.3) is 0 Å². The average molecular weight is 470 g/mol. The van der Waals surface area contributed by atoms with Crippen molar-refractivity contribution >= 4 is 22.6 Å². The van der Waals surface area contributed by atoms with Crippen molar-refractivity contribution in [1.29, 1.82) is 0 Å². The summed E-state index contributed by atoms with van der Waals surface area (Å²) in [5.41, 5.74) is 6.52. The van der Waals surface area contributed by atoms with Gasteiger partial charge in [-0.3, -0.25) is 9.69 Å². The highest BCUT2D eigenvalue weighted by Crippen LogP contribution is 2.33. The molecule has 2 heterocycles. The molecule has 3 aromatic carbocycles. The van der Waals surface area contributed by atoms with Crippen molar-refractivity contribution in [3.63, 3.8) is 0 Å². The minimum Gasteiger partial charge on any atom is -0.489 e. The van der Waals surface area contributed by atoms with E-state index >= 15 is 0 Å². The number of piperazine rings is 1. The molecular weight excluding hydrogens is 438 g/mol. The summed E-state index contributed by atoms with van der Waals surface area (Å²) in [6, 6.07) is 21.6. The Bertz CT molecular complexity index is 1320. The summed E-state index contributed by atoms with van der Waals surface area (Å²) >= 11 is 0. The van der Waals surface area contributed by atoms with Crippen LogP contribution in [0.5, 0.6) is 5.75 Å². The van der Waals surface area contributed by atoms with E-state index in [1.165, 1.54) is 16.8 Å². The molecule has 5 rings (SSSR count). The van der Waals surface area contributed by atoms with E-state index in [0.29, 0.717) is 19.7 Å². The first-order valence-corrected chi connectivity index (χ1v) is 12.1. The van der Waals surface area contributed by atoms with Gasteiger partial charge in [0.05, 0.1) is 0 Å². The number of aromatic nitrogens is 1. The van der Waals surface area contributed by atoms with Crippen LogP contribution in [0.25, 0.3) is 10.9 Å². The summed E-state index contributed by atoms with van der Waals surface area (Å²) in [7, 11) is 0. The molecule has 1 aliphatic rings. The summed E-state index contributed by atoms with van der Waals surface area (Å²) in [5.74, 6) is -0.104. The second kappa shape index (κ2) is 9.84. The van der Waals surface area contributed by atoms with Gasteiger partial charge >= 0.3 is 5.97 Å². The second-order valence-electron chi connectivity index (χ2n) is 9.28. The molecule has 6 nitrogen and oxygen atoms in total. The number of carboxylic acid groups (broad SMARTS) is 1. The van der Waals surface area contributed by atoms with Gasteiger partial charge in [-0.1, -0.05) is 48.0 Å². The van der Waals surface area contributed by atoms with Crippen molar-refractivity contribution in [1.82, 2.24) is 9.88 Å². The molecule has 1 aliphatic heterocycles. The zero-order chi connectivity index (χ0) is 24.4. The number of fused-ring (bicyclic) bond motifs is 1. The number of aryl methyl sites for hydroxylation is 2. The lowest BCUT2D eigenvalue weighted by Gasteiger charge is -2.39. The third-order valence-electron chi connectivity index (χ3n) is 6.83. The highest BCUT2D eigenvalue weighted by atomic mass is 16.5. The van der Waals surface area contributed by atoms with Crippen molar-refractivity contribution in [2.75, 3.05) is 31.1 Å². The molecule has 1 fully saturated rings. The number of hydrogen-bond donors (Lipinski definition) is 2. The van der Waals surface area contributed by atoms with Crippen molar-refractivity contribution < 1.29 is 14.6 Å². The Morgan fingerprint density at radius 3 is 2.49 bits per heavy atom. The summed E-state index contributed by atoms with van der Waals surface area (Å²) in [5, 5.41) is 11.1. The monoisotopic (exact) mass is 469 g/mol. The molecule has 0 spiro atoms. The first-order valence-electron chi connectivity index (χ1n) is 12.1. The molecule has 1 saturated heterocycles. The largest absolute Gasteiger partial charge is 0.489 e. The Balaban J connectivity index is 1.34. The number of ether oxygens (including phenoxy) is 1. The lowest BCUT2D eigenvalue weighted by molar-refractivity contribution is -0.143. The summed E-state index contributed by atoms with van der Waals surface area (Å²) in [4.78, 5) is 20.2. The van der Waals surface area contributed by atoms with Crippen LogP contribution in [-0.2, 0) is 11.4 Å². The van der Waals surface area contributed by atoms with Gasteiger partial charge in [0.2, 0.25) is 0 Å². The number of benzene rings is 3. The zero-order valence-corrected chi connectivity index (χ0v) is 20.2. The average Bonchev–Trinajstić information content (AvgIpc) is 3.27. The van der Waals surface area contributed by atoms with Crippen LogP contribution in [0.2, 0.25) is 0 Å². The highest BCUT2D eigenvalue weighted by Gasteiger charge is 2.32. The quantitative estimate of drug-likeness (QED) is 0.384. The number of rotatable bonds is 7. The fourth-order valence-electron chi connectivity index (χ4n) is 5.05. The highest BCUT2D eigenvalue weighted by molar-refractivity contribution is 5.90. The van der Waals surface area contributed by atoms with Gasteiger partial charge in [-0.15, -0.1) is 0 Å². The number of H-pyrrole nitrogens is 1. The van der Waals surface area contributed by atoms with E-state index in [-0.39, 0.29) is 0 Å². The predicted molar refractivity (Wildman–Crippen MR) is 139 cm³/mol. The summed E-state index contributed by atoms with van der Waals surface area (Å²) in [6.07, 6.45) is 1.83. The van der Waals surface area contributed by atoms with Crippen molar-refractivity contribution in [2.24, 2.45) is 0 Å². The van der Waals surface area contributed by atoms with Crippen LogP contribution in [-0.4, -0.2) is 47.1 Å². The maximum atomic E-state index is 12.5. The van der Waals surface area contributed by atoms with Crippen LogP contribution in [0.3, 0.4) is 0 Å². The molecule has 35 heavy (non-hydrogen) atoms. The van der Waals surface area contributed by atoms with Crippen LogP contribution in [0, 0.1) is 13.8 Å². The van der Waals surface area contributed by atoms with Gasteiger partial charge in [-0.25, -0.2) is 0 Å². The number of aliphatic carboxylic acids is 1. The zero-order valence-electron chi connectivity index (χ0n) is 20.2. The molecule has 0 bridgehead atoms. The maximum absolute atomic E-state index is 12.5. The molecule has 0 saturated carbocycles. The molecule has 1 aromatic heterocycles. The molecule has 0 aliphatic carbocycles. The molecule has 6 heteroatoms. The first-order chi connectivity index (χ1) is 17.0. The van der Waals surface area contributed by atoms with Crippen molar-refractivity contribution in [3.8, 4) is 5.75 Å². The van der Waals surface area contributed by atoms with Crippen LogP contribution in [0.4, 0.5) is 5.69 Å². The molecule has 1 atom stereocenters. The van der Waals surface area contributed by atoms with Gasteiger partial charge in [-0.2, -0.15) is 0 Å². The SMILES string of the molecule is Cc1ccc(N2CCN(C(C(=O)O)c3c[nH]c4ccc(OCc5ccccc5)cc34)CC2)c(C)c1. The molecule has 4 aromatic rings. The fraction of sp³-hybridized carbons (Fsp3) is 0.276. The van der Waals surface area contributed by atoms with Gasteiger partial charge in [0.1, 0.15) is 18.4 Å². The Labute approximate surface area is 205 Å². The van der Waals surface area contributed by atoms with Crippen LogP contribution in [0.15, 0.2) is 72.9 Å². The minimum absolute atomic E-state index is 0.467. The smallest absolute Gasteiger partial charge is 0.325 e. The van der Waals surface area contributed by atoms with E-state index in [4.69, 9.17) is 4.74 Å². The standard InChI is InChI=1S/C29H31N3O3/c1-20-8-11-27(21(2)16-20)31-12-14-32(15-13-31)28(29(33)34)25-18-30-26-10-9-23(17-24(25)26)35-19-22-6-4-3-5-7-22/h3-11,16-18,28,30H,12-15,19H2,1-2H3,(H,33,34). The Morgan fingerprint density at radius 1 is 1.00 bits per heavy atom. The normalized spacial score (nSPS) is 15.3. The number of carboxylic acids is 1. The Kier molecular flexibility index (Phi) is 6.47. The molecule has 0 amide bonds. The van der Waals surface area contributed by atoms with E-state index in [9.17, 15) is 9.90 Å². The molecule has 2 N–H and O–H groups in total. The topological polar surface area (TPSA) is 68.8 Å². The number of anilines is 1. The predicted octanol–water partition coefficient (Wildman–Crippen LogP) is 5.31. The van der Waals surface area contributed by atoms with E-state index in [2.05, 4.69) is 46.8 Å². The number of nitrogens with zero attached hydrogens (tertiary/aromatic N) is 2. The van der Waals surface area contributed by atoms with E-state index in [0.717, 1.165) is 40.9 Å². The molecule has 180 valence electrons. The van der Waals surface area contributed by atoms with Gasteiger partial charge in [0.15, 0.2) is 0 Å². The number of aromatic amines is 1. The summed E-state index contributed by atoms with van der Waals surface area (Å²) < 4.78 is 6.01. The first kappa shape index (κ1) is 23.0. The van der Waals surface area contributed by atoms with E-state index in [1.807, 2.05) is 54.7 Å². The fourth-order valence-corrected chi connectivity index (χ4v) is 5.05. The van der Waals surface area contributed by atoms with E-state index in [1.54, 1.807) is 0 Å². The molecule has 0 radical (unpaired) electrons. The third-order valence-corrected chi connectivity index (χ3v) is 6.83. The van der Waals surface area contributed by atoms with Crippen LogP contribution >= 0.6 is 0 Å². The number of carbonyl (C=O) groups is 1. The number of hydrogen-bond acceptors (Lipinski definition) is 4. The minimum atomic E-state index is -0.832. The molecule has 1 unspecified atom stereocenters. The van der Waals surface area contributed by atoms with Gasteiger partial charge in [0, 0.05) is 54.5 Å². The lowest BCUT2D eigenvalue weighted by atomic mass is 10.0. The third kappa shape index (κ3) is 4.88. The second-order valence-corrected chi connectivity index (χ2v) is 9.28. The van der Waals surface area contributed by atoms with Crippen LogP contribution < -0.4 is 9.64 Å². The Hall–Kier alpha value is -3.77. The Morgan fingerprint density at radius 2 is 1.77 bits per heavy atom. The maximum Gasteiger partial charge on any atom is 0.325 e. The van der Waals surface area contributed by atoms with Crippen LogP contribution in [0.1, 0.15) is 28.3 Å². The lowest BCUT2D eigenvalue weighted by Crippen LogP contribution is -2.49. The van der Waals surface area contributed by atoms with E-state index < -0.39 is 12.0 Å². The summed E-state index contributed by atoms with van der Waals surface area (Å²) in [6.45, 7) is 7.66. The van der Waals surface area contributed by atoms with Crippen molar-refractivity contribution in [2.45, 2.75) is 26.5 Å².